The van der Waals surface area contributed by atoms with Crippen LogP contribution in [0.15, 0.2) is 48.5 Å². The number of benzene rings is 2. The highest BCUT2D eigenvalue weighted by atomic mass is 32.1. The third-order valence-corrected chi connectivity index (χ3v) is 3.63. The Kier molecular flexibility index (Phi) is 6.22. The highest BCUT2D eigenvalue weighted by molar-refractivity contribution is 7.80. The van der Waals surface area contributed by atoms with Crippen molar-refractivity contribution in [3.05, 3.63) is 65.2 Å². The zero-order valence-electron chi connectivity index (χ0n) is 13.1. The van der Waals surface area contributed by atoms with Crippen LogP contribution in [0.25, 0.3) is 0 Å². The predicted octanol–water partition coefficient (Wildman–Crippen LogP) is 3.21. The summed E-state index contributed by atoms with van der Waals surface area (Å²) >= 11 is 5.31. The van der Waals surface area contributed by atoms with E-state index in [4.69, 9.17) is 17.0 Å². The number of aryl methyl sites for hydroxylation is 1. The average molecular weight is 314 g/mol. The minimum absolute atomic E-state index is 0.677. The second-order valence-electron chi connectivity index (χ2n) is 5.20. The van der Waals surface area contributed by atoms with Crippen LogP contribution in [-0.4, -0.2) is 18.8 Å². The Morgan fingerprint density at radius 2 is 1.82 bits per heavy atom. The summed E-state index contributed by atoms with van der Waals surface area (Å²) in [4.78, 5) is 0. The minimum Gasteiger partial charge on any atom is -0.497 e. The second-order valence-corrected chi connectivity index (χ2v) is 5.61. The maximum atomic E-state index is 5.31. The Bertz CT molecular complexity index is 614. The standard InChI is InChI=1S/C18H22N2OS/c1-14-10-16(12-17(11-14)21-2)13-20-18(22)19-9-8-15-6-4-3-5-7-15/h3-7,10-12H,8-9,13H2,1-2H3,(H2,19,20,22). The van der Waals surface area contributed by atoms with E-state index < -0.39 is 0 Å². The fraction of sp³-hybridized carbons (Fsp3) is 0.278. The first-order valence-corrected chi connectivity index (χ1v) is 7.78. The first kappa shape index (κ1) is 16.3. The quantitative estimate of drug-likeness (QED) is 0.802. The van der Waals surface area contributed by atoms with Crippen molar-refractivity contribution >= 4 is 17.3 Å². The number of nitrogens with one attached hydrogen (secondary N) is 2. The van der Waals surface area contributed by atoms with E-state index in [1.165, 1.54) is 11.1 Å². The van der Waals surface area contributed by atoms with Gasteiger partial charge in [-0.15, -0.1) is 0 Å². The molecule has 2 aromatic carbocycles. The third kappa shape index (κ3) is 5.37. The van der Waals surface area contributed by atoms with Gasteiger partial charge in [0, 0.05) is 13.1 Å². The first-order chi connectivity index (χ1) is 10.7. The molecule has 0 unspecified atom stereocenters. The molecule has 3 nitrogen and oxygen atoms in total. The summed E-state index contributed by atoms with van der Waals surface area (Å²) in [7, 11) is 1.68. The molecule has 0 aliphatic rings. The monoisotopic (exact) mass is 314 g/mol. The fourth-order valence-corrected chi connectivity index (χ4v) is 2.43. The highest BCUT2D eigenvalue weighted by Crippen LogP contribution is 2.16. The molecule has 0 saturated carbocycles. The SMILES string of the molecule is COc1cc(C)cc(CNC(=S)NCCc2ccccc2)c1. The predicted molar refractivity (Wildman–Crippen MR) is 95.3 cm³/mol. The van der Waals surface area contributed by atoms with Gasteiger partial charge in [-0.05, 0) is 54.4 Å². The van der Waals surface area contributed by atoms with Crippen LogP contribution in [0.4, 0.5) is 0 Å². The molecule has 2 N–H and O–H groups in total. The van der Waals surface area contributed by atoms with E-state index in [1.54, 1.807) is 7.11 Å². The van der Waals surface area contributed by atoms with E-state index in [-0.39, 0.29) is 0 Å². The number of ether oxygens (including phenoxy) is 1. The zero-order valence-corrected chi connectivity index (χ0v) is 13.9. The van der Waals surface area contributed by atoms with Crippen LogP contribution in [0.1, 0.15) is 16.7 Å². The van der Waals surface area contributed by atoms with Gasteiger partial charge in [-0.3, -0.25) is 0 Å². The number of methoxy groups -OCH3 is 1. The van der Waals surface area contributed by atoms with Crippen LogP contribution in [0.2, 0.25) is 0 Å². The molecule has 0 aromatic heterocycles. The molecule has 0 fully saturated rings. The Hall–Kier alpha value is -2.07. The van der Waals surface area contributed by atoms with Gasteiger partial charge in [0.25, 0.3) is 0 Å². The van der Waals surface area contributed by atoms with Crippen molar-refractivity contribution in [2.45, 2.75) is 19.9 Å². The Morgan fingerprint density at radius 1 is 1.05 bits per heavy atom. The number of rotatable bonds is 6. The van der Waals surface area contributed by atoms with Crippen molar-refractivity contribution in [2.75, 3.05) is 13.7 Å². The van der Waals surface area contributed by atoms with Crippen molar-refractivity contribution in [2.24, 2.45) is 0 Å². The fourth-order valence-electron chi connectivity index (χ4n) is 2.25. The van der Waals surface area contributed by atoms with Gasteiger partial charge in [0.05, 0.1) is 7.11 Å². The lowest BCUT2D eigenvalue weighted by Crippen LogP contribution is -2.35. The first-order valence-electron chi connectivity index (χ1n) is 7.37. The average Bonchev–Trinajstić information content (AvgIpc) is 2.53. The molecule has 0 amide bonds. The number of hydrogen-bond acceptors (Lipinski definition) is 2. The van der Waals surface area contributed by atoms with Crippen molar-refractivity contribution in [1.29, 1.82) is 0 Å². The van der Waals surface area contributed by atoms with Crippen molar-refractivity contribution in [3.63, 3.8) is 0 Å². The van der Waals surface area contributed by atoms with Gasteiger partial charge in [0.15, 0.2) is 5.11 Å². The van der Waals surface area contributed by atoms with Gasteiger partial charge < -0.3 is 15.4 Å². The highest BCUT2D eigenvalue weighted by Gasteiger charge is 2.01. The molecular formula is C18H22N2OS. The van der Waals surface area contributed by atoms with Crippen molar-refractivity contribution in [3.8, 4) is 5.75 Å². The van der Waals surface area contributed by atoms with Gasteiger partial charge in [0.2, 0.25) is 0 Å². The molecule has 0 heterocycles. The maximum absolute atomic E-state index is 5.31. The maximum Gasteiger partial charge on any atom is 0.166 e. The molecule has 0 aliphatic carbocycles. The van der Waals surface area contributed by atoms with Gasteiger partial charge in [-0.25, -0.2) is 0 Å². The van der Waals surface area contributed by atoms with Gasteiger partial charge in [-0.2, -0.15) is 0 Å². The van der Waals surface area contributed by atoms with Crippen molar-refractivity contribution < 1.29 is 4.74 Å². The molecule has 0 spiro atoms. The van der Waals surface area contributed by atoms with Crippen LogP contribution in [0, 0.1) is 6.92 Å². The third-order valence-electron chi connectivity index (χ3n) is 3.34. The van der Waals surface area contributed by atoms with E-state index in [2.05, 4.69) is 47.9 Å². The van der Waals surface area contributed by atoms with E-state index in [0.717, 1.165) is 24.3 Å². The summed E-state index contributed by atoms with van der Waals surface area (Å²) < 4.78 is 5.28. The number of hydrogen-bond donors (Lipinski definition) is 2. The zero-order chi connectivity index (χ0) is 15.8. The molecule has 0 saturated heterocycles. The molecule has 0 bridgehead atoms. The molecule has 2 aromatic rings. The van der Waals surface area contributed by atoms with E-state index in [9.17, 15) is 0 Å². The van der Waals surface area contributed by atoms with Crippen LogP contribution in [0.5, 0.6) is 5.75 Å². The van der Waals surface area contributed by atoms with Gasteiger partial charge >= 0.3 is 0 Å². The second kappa shape index (κ2) is 8.39. The van der Waals surface area contributed by atoms with E-state index >= 15 is 0 Å². The summed E-state index contributed by atoms with van der Waals surface area (Å²) in [5, 5.41) is 7.14. The molecule has 2 rings (SSSR count). The summed E-state index contributed by atoms with van der Waals surface area (Å²) in [6.45, 7) is 3.57. The molecule has 116 valence electrons. The molecule has 0 radical (unpaired) electrons. The Balaban J connectivity index is 1.74. The van der Waals surface area contributed by atoms with Gasteiger partial charge in [-0.1, -0.05) is 36.4 Å². The van der Waals surface area contributed by atoms with Crippen molar-refractivity contribution in [1.82, 2.24) is 10.6 Å². The topological polar surface area (TPSA) is 33.3 Å². The van der Waals surface area contributed by atoms with E-state index in [0.29, 0.717) is 11.7 Å². The van der Waals surface area contributed by atoms with Gasteiger partial charge in [0.1, 0.15) is 5.75 Å². The summed E-state index contributed by atoms with van der Waals surface area (Å²) in [5.41, 5.74) is 3.64. The molecule has 0 atom stereocenters. The van der Waals surface area contributed by atoms with Crippen LogP contribution in [-0.2, 0) is 13.0 Å². The van der Waals surface area contributed by atoms with Crippen LogP contribution in [0.3, 0.4) is 0 Å². The number of thiocarbonyl (C=S) groups is 1. The Morgan fingerprint density at radius 3 is 2.55 bits per heavy atom. The summed E-state index contributed by atoms with van der Waals surface area (Å²) in [5.74, 6) is 0.875. The normalized spacial score (nSPS) is 10.1. The van der Waals surface area contributed by atoms with E-state index in [1.807, 2.05) is 18.2 Å². The Labute approximate surface area is 137 Å². The minimum atomic E-state index is 0.677. The van der Waals surface area contributed by atoms with Crippen LogP contribution < -0.4 is 15.4 Å². The smallest absolute Gasteiger partial charge is 0.166 e. The lowest BCUT2D eigenvalue weighted by Gasteiger charge is -2.12. The molecule has 0 aliphatic heterocycles. The summed E-state index contributed by atoms with van der Waals surface area (Å²) in [6.07, 6.45) is 0.959. The molecule has 22 heavy (non-hydrogen) atoms. The largest absolute Gasteiger partial charge is 0.497 e. The molecular weight excluding hydrogens is 292 g/mol. The molecule has 4 heteroatoms. The summed E-state index contributed by atoms with van der Waals surface area (Å²) in [6, 6.07) is 16.5. The van der Waals surface area contributed by atoms with Crippen LogP contribution >= 0.6 is 12.2 Å². The lowest BCUT2D eigenvalue weighted by molar-refractivity contribution is 0.414. The lowest BCUT2D eigenvalue weighted by atomic mass is 10.1.